The molecule has 0 aromatic carbocycles. The molecule has 1 aliphatic carbocycles. The molecule has 3 rings (SSSR count). The first-order valence-electron chi connectivity index (χ1n) is 6.71. The molecule has 2 heterocycles. The topological polar surface area (TPSA) is 77.8 Å². The SMILES string of the molecule is Cc1nc(Cc2noc([C@@H]3CCCC[C@@H]3N)n2)cs1. The van der Waals surface area contributed by atoms with Gasteiger partial charge in [0.25, 0.3) is 0 Å². The Hall–Kier alpha value is -1.27. The van der Waals surface area contributed by atoms with Crippen molar-refractivity contribution in [2.24, 2.45) is 5.73 Å². The molecule has 1 fully saturated rings. The first kappa shape index (κ1) is 12.7. The van der Waals surface area contributed by atoms with Gasteiger partial charge >= 0.3 is 0 Å². The van der Waals surface area contributed by atoms with E-state index in [2.05, 4.69) is 15.1 Å². The van der Waals surface area contributed by atoms with Gasteiger partial charge < -0.3 is 10.3 Å². The fourth-order valence-electron chi connectivity index (χ4n) is 2.61. The van der Waals surface area contributed by atoms with Gasteiger partial charge in [0.15, 0.2) is 5.82 Å². The number of nitrogens with two attached hydrogens (primary N) is 1. The van der Waals surface area contributed by atoms with Gasteiger partial charge in [0.2, 0.25) is 5.89 Å². The molecular weight excluding hydrogens is 260 g/mol. The third kappa shape index (κ3) is 2.84. The molecule has 102 valence electrons. The van der Waals surface area contributed by atoms with Crippen molar-refractivity contribution >= 4 is 11.3 Å². The summed E-state index contributed by atoms with van der Waals surface area (Å²) < 4.78 is 5.39. The molecular formula is C13H18N4OS. The van der Waals surface area contributed by atoms with Crippen LogP contribution in [0.5, 0.6) is 0 Å². The van der Waals surface area contributed by atoms with Gasteiger partial charge in [0, 0.05) is 11.4 Å². The number of hydrogen-bond donors (Lipinski definition) is 1. The Balaban J connectivity index is 1.72. The largest absolute Gasteiger partial charge is 0.339 e. The van der Waals surface area contributed by atoms with Crippen LogP contribution in [-0.4, -0.2) is 21.2 Å². The summed E-state index contributed by atoms with van der Waals surface area (Å²) in [5.74, 6) is 1.64. The molecule has 0 bridgehead atoms. The first-order valence-corrected chi connectivity index (χ1v) is 7.59. The Bertz CT molecular complexity index is 550. The Labute approximate surface area is 116 Å². The molecule has 0 unspecified atom stereocenters. The van der Waals surface area contributed by atoms with Gasteiger partial charge in [-0.25, -0.2) is 4.98 Å². The molecule has 1 aliphatic rings. The van der Waals surface area contributed by atoms with Crippen LogP contribution in [0, 0.1) is 6.92 Å². The zero-order valence-electron chi connectivity index (χ0n) is 11.0. The summed E-state index contributed by atoms with van der Waals surface area (Å²) in [6, 6.07) is 0.156. The number of rotatable bonds is 3. The first-order chi connectivity index (χ1) is 9.22. The number of nitrogens with zero attached hydrogens (tertiary/aromatic N) is 3. The lowest BCUT2D eigenvalue weighted by Gasteiger charge is -2.25. The number of aromatic nitrogens is 3. The van der Waals surface area contributed by atoms with Crippen LogP contribution in [-0.2, 0) is 6.42 Å². The fraction of sp³-hybridized carbons (Fsp3) is 0.615. The zero-order chi connectivity index (χ0) is 13.2. The molecule has 0 radical (unpaired) electrons. The minimum absolute atomic E-state index is 0.156. The van der Waals surface area contributed by atoms with Gasteiger partial charge in [0.1, 0.15) is 0 Å². The molecule has 2 aromatic heterocycles. The van der Waals surface area contributed by atoms with Crippen LogP contribution in [0.4, 0.5) is 0 Å². The van der Waals surface area contributed by atoms with Crippen molar-refractivity contribution in [3.63, 3.8) is 0 Å². The van der Waals surface area contributed by atoms with Crippen LogP contribution < -0.4 is 5.73 Å². The average Bonchev–Trinajstić information content (AvgIpc) is 3.00. The van der Waals surface area contributed by atoms with Crippen LogP contribution >= 0.6 is 11.3 Å². The van der Waals surface area contributed by atoms with Gasteiger partial charge in [-0.3, -0.25) is 0 Å². The van der Waals surface area contributed by atoms with E-state index < -0.39 is 0 Å². The summed E-state index contributed by atoms with van der Waals surface area (Å²) in [6.45, 7) is 2.00. The van der Waals surface area contributed by atoms with Crippen LogP contribution in [0.15, 0.2) is 9.90 Å². The lowest BCUT2D eigenvalue weighted by Crippen LogP contribution is -2.31. The van der Waals surface area contributed by atoms with Crippen molar-refractivity contribution in [2.75, 3.05) is 0 Å². The van der Waals surface area contributed by atoms with Crippen molar-refractivity contribution in [3.05, 3.63) is 27.8 Å². The fourth-order valence-corrected chi connectivity index (χ4v) is 3.22. The maximum absolute atomic E-state index is 6.14. The molecule has 6 heteroatoms. The molecule has 5 nitrogen and oxygen atoms in total. The zero-order valence-corrected chi connectivity index (χ0v) is 11.8. The van der Waals surface area contributed by atoms with Gasteiger partial charge in [0.05, 0.1) is 23.0 Å². The van der Waals surface area contributed by atoms with E-state index in [0.717, 1.165) is 23.5 Å². The van der Waals surface area contributed by atoms with Gasteiger partial charge in [-0.1, -0.05) is 18.0 Å². The number of hydrogen-bond acceptors (Lipinski definition) is 6. The highest BCUT2D eigenvalue weighted by Crippen LogP contribution is 2.31. The molecule has 0 spiro atoms. The summed E-state index contributed by atoms with van der Waals surface area (Å²) in [5, 5.41) is 7.16. The van der Waals surface area contributed by atoms with Gasteiger partial charge in [-0.2, -0.15) is 4.98 Å². The van der Waals surface area contributed by atoms with Crippen LogP contribution in [0.1, 0.15) is 54.0 Å². The molecule has 2 aromatic rings. The molecule has 2 atom stereocenters. The lowest BCUT2D eigenvalue weighted by molar-refractivity contribution is 0.289. The second kappa shape index (κ2) is 5.38. The summed E-state index contributed by atoms with van der Waals surface area (Å²) in [6.07, 6.45) is 5.14. The van der Waals surface area contributed by atoms with E-state index in [1.54, 1.807) is 11.3 Å². The Morgan fingerprint density at radius 3 is 2.95 bits per heavy atom. The van der Waals surface area contributed by atoms with E-state index in [1.807, 2.05) is 12.3 Å². The number of thiazole rings is 1. The van der Waals surface area contributed by atoms with Crippen LogP contribution in [0.2, 0.25) is 0 Å². The van der Waals surface area contributed by atoms with E-state index in [4.69, 9.17) is 10.3 Å². The molecule has 0 aliphatic heterocycles. The highest BCUT2D eigenvalue weighted by Gasteiger charge is 2.28. The smallest absolute Gasteiger partial charge is 0.231 e. The van der Waals surface area contributed by atoms with Gasteiger partial charge in [-0.15, -0.1) is 11.3 Å². The molecule has 0 saturated heterocycles. The van der Waals surface area contributed by atoms with Crippen molar-refractivity contribution in [2.45, 2.75) is 51.0 Å². The number of aryl methyl sites for hydroxylation is 1. The Morgan fingerprint density at radius 2 is 2.21 bits per heavy atom. The molecule has 19 heavy (non-hydrogen) atoms. The lowest BCUT2D eigenvalue weighted by atomic mass is 9.85. The van der Waals surface area contributed by atoms with E-state index in [0.29, 0.717) is 18.1 Å². The van der Waals surface area contributed by atoms with E-state index in [9.17, 15) is 0 Å². The van der Waals surface area contributed by atoms with Gasteiger partial charge in [-0.05, 0) is 19.8 Å². The van der Waals surface area contributed by atoms with E-state index in [-0.39, 0.29) is 12.0 Å². The predicted octanol–water partition coefficient (Wildman–Crippen LogP) is 2.41. The summed E-state index contributed by atoms with van der Waals surface area (Å²) in [7, 11) is 0. The second-order valence-corrected chi connectivity index (χ2v) is 6.20. The maximum atomic E-state index is 6.14. The molecule has 1 saturated carbocycles. The van der Waals surface area contributed by atoms with Crippen molar-refractivity contribution < 1.29 is 4.52 Å². The predicted molar refractivity (Wildman–Crippen MR) is 73.1 cm³/mol. The third-order valence-electron chi connectivity index (χ3n) is 3.63. The maximum Gasteiger partial charge on any atom is 0.231 e. The minimum Gasteiger partial charge on any atom is -0.339 e. The van der Waals surface area contributed by atoms with E-state index >= 15 is 0 Å². The molecule has 2 N–H and O–H groups in total. The second-order valence-electron chi connectivity index (χ2n) is 5.14. The monoisotopic (exact) mass is 278 g/mol. The van der Waals surface area contributed by atoms with E-state index in [1.165, 1.54) is 12.8 Å². The quantitative estimate of drug-likeness (QED) is 0.932. The summed E-state index contributed by atoms with van der Waals surface area (Å²) >= 11 is 1.64. The Morgan fingerprint density at radius 1 is 1.37 bits per heavy atom. The van der Waals surface area contributed by atoms with Crippen LogP contribution in [0.25, 0.3) is 0 Å². The summed E-state index contributed by atoms with van der Waals surface area (Å²) in [4.78, 5) is 8.91. The minimum atomic E-state index is 0.156. The highest BCUT2D eigenvalue weighted by molar-refractivity contribution is 7.09. The Kier molecular flexibility index (Phi) is 3.61. The highest BCUT2D eigenvalue weighted by atomic mass is 32.1. The average molecular weight is 278 g/mol. The molecule has 0 amide bonds. The standard InChI is InChI=1S/C13H18N4OS/c1-8-15-9(7-19-8)6-12-16-13(18-17-12)10-4-2-3-5-11(10)14/h7,10-11H,2-6,14H2,1H3/t10-,11+/m1/s1. The van der Waals surface area contributed by atoms with Crippen molar-refractivity contribution in [3.8, 4) is 0 Å². The third-order valence-corrected chi connectivity index (χ3v) is 4.45. The van der Waals surface area contributed by atoms with Crippen molar-refractivity contribution in [1.82, 2.24) is 15.1 Å². The normalized spacial score (nSPS) is 23.7. The summed E-state index contributed by atoms with van der Waals surface area (Å²) in [5.41, 5.74) is 7.14. The van der Waals surface area contributed by atoms with Crippen LogP contribution in [0.3, 0.4) is 0 Å². The van der Waals surface area contributed by atoms with Crippen molar-refractivity contribution in [1.29, 1.82) is 0 Å².